The minimum absolute atomic E-state index is 0.0863. The molecular weight excluding hydrogens is 524 g/mol. The van der Waals surface area contributed by atoms with Crippen LogP contribution in [0.1, 0.15) is 37.6 Å². The molecule has 40 heavy (non-hydrogen) atoms. The topological polar surface area (TPSA) is 84.2 Å². The van der Waals surface area contributed by atoms with E-state index in [1.54, 1.807) is 15.7 Å². The monoisotopic (exact) mass is 556 g/mol. The number of benzene rings is 1. The Labute approximate surface area is 239 Å². The molecule has 0 bridgehead atoms. The van der Waals surface area contributed by atoms with E-state index in [4.69, 9.17) is 16.6 Å². The Morgan fingerprint density at radius 2 is 1.85 bits per heavy atom. The highest BCUT2D eigenvalue weighted by atomic mass is 35.5. The zero-order valence-corrected chi connectivity index (χ0v) is 24.1. The van der Waals surface area contributed by atoms with Crippen molar-refractivity contribution in [2.45, 2.75) is 46.6 Å². The van der Waals surface area contributed by atoms with Crippen LogP contribution in [0.2, 0.25) is 5.02 Å². The first kappa shape index (κ1) is 27.5. The molecule has 1 aliphatic heterocycles. The van der Waals surface area contributed by atoms with Gasteiger partial charge >= 0.3 is 5.69 Å². The maximum absolute atomic E-state index is 14.0. The van der Waals surface area contributed by atoms with E-state index in [1.807, 2.05) is 50.2 Å². The van der Waals surface area contributed by atoms with Crippen LogP contribution in [0, 0.1) is 6.92 Å². The van der Waals surface area contributed by atoms with Crippen LogP contribution in [-0.4, -0.2) is 56.0 Å². The van der Waals surface area contributed by atoms with Crippen LogP contribution in [0.25, 0.3) is 28.0 Å². The van der Waals surface area contributed by atoms with E-state index in [9.17, 15) is 9.59 Å². The van der Waals surface area contributed by atoms with Crippen LogP contribution >= 0.6 is 11.6 Å². The summed E-state index contributed by atoms with van der Waals surface area (Å²) in [5.41, 5.74) is 5.14. The van der Waals surface area contributed by atoms with Gasteiger partial charge in [-0.2, -0.15) is 4.98 Å². The molecule has 1 saturated heterocycles. The number of nitrogens with zero attached hydrogens (tertiary/aromatic N) is 6. The zero-order valence-electron chi connectivity index (χ0n) is 23.3. The second-order valence-electron chi connectivity index (χ2n) is 10.0. The first-order chi connectivity index (χ1) is 19.3. The highest BCUT2D eigenvalue weighted by Gasteiger charge is 2.30. The lowest BCUT2D eigenvalue weighted by molar-refractivity contribution is -0.126. The molecule has 9 heteroatoms. The van der Waals surface area contributed by atoms with Crippen LogP contribution < -0.4 is 10.6 Å². The summed E-state index contributed by atoms with van der Waals surface area (Å²) in [5, 5.41) is 1.13. The molecule has 0 unspecified atom stereocenters. The Morgan fingerprint density at radius 3 is 2.48 bits per heavy atom. The molecule has 3 aromatic heterocycles. The largest absolute Gasteiger partial charge is 0.355 e. The highest BCUT2D eigenvalue weighted by molar-refractivity contribution is 6.34. The van der Waals surface area contributed by atoms with Gasteiger partial charge in [0.15, 0.2) is 5.65 Å². The zero-order chi connectivity index (χ0) is 28.6. The summed E-state index contributed by atoms with van der Waals surface area (Å²) in [6.45, 7) is 13.2. The Balaban J connectivity index is 1.81. The van der Waals surface area contributed by atoms with Crippen molar-refractivity contribution in [1.82, 2.24) is 24.4 Å². The molecule has 0 N–H and O–H groups in total. The molecule has 1 fully saturated rings. The van der Waals surface area contributed by atoms with E-state index in [2.05, 4.69) is 35.3 Å². The predicted molar refractivity (Wildman–Crippen MR) is 160 cm³/mol. The number of hydrogen-bond acceptors (Lipinski definition) is 6. The molecule has 0 radical (unpaired) electrons. The lowest BCUT2D eigenvalue weighted by Crippen LogP contribution is -2.54. The number of carbonyl (C=O) groups excluding carboxylic acids is 1. The van der Waals surface area contributed by atoms with Crippen LogP contribution in [0.15, 0.2) is 60.0 Å². The number of piperazine rings is 1. The highest BCUT2D eigenvalue weighted by Crippen LogP contribution is 2.35. The van der Waals surface area contributed by atoms with Gasteiger partial charge in [-0.05, 0) is 62.1 Å². The summed E-state index contributed by atoms with van der Waals surface area (Å²) in [5.74, 6) is 0.412. The number of anilines is 1. The van der Waals surface area contributed by atoms with Crippen LogP contribution in [0.4, 0.5) is 5.82 Å². The average molecular weight is 557 g/mol. The van der Waals surface area contributed by atoms with Crippen LogP contribution in [0.5, 0.6) is 0 Å². The molecule has 1 atom stereocenters. The molecule has 0 spiro atoms. The van der Waals surface area contributed by atoms with Gasteiger partial charge in [0.2, 0.25) is 5.91 Å². The van der Waals surface area contributed by atoms with Crippen molar-refractivity contribution in [2.24, 2.45) is 0 Å². The van der Waals surface area contributed by atoms with Gasteiger partial charge in [-0.3, -0.25) is 9.78 Å². The van der Waals surface area contributed by atoms with E-state index < -0.39 is 5.69 Å². The van der Waals surface area contributed by atoms with Gasteiger partial charge in [-0.15, -0.1) is 0 Å². The fourth-order valence-corrected chi connectivity index (χ4v) is 5.81. The van der Waals surface area contributed by atoms with E-state index >= 15 is 0 Å². The van der Waals surface area contributed by atoms with Gasteiger partial charge < -0.3 is 9.80 Å². The van der Waals surface area contributed by atoms with Crippen molar-refractivity contribution in [1.29, 1.82) is 0 Å². The molecule has 1 amide bonds. The minimum Gasteiger partial charge on any atom is -0.350 e. The SMILES string of the molecule is C=CC(=O)N1CCN(c2nc(=O)n(-c3c(CC)cccc3CC)c3nc(-c4cccnc4C)c(Cl)cc23)[C@@H](C)C1. The number of fused-ring (bicyclic) bond motifs is 1. The lowest BCUT2D eigenvalue weighted by atomic mass is 10.0. The van der Waals surface area contributed by atoms with Crippen molar-refractivity contribution in [3.8, 4) is 16.9 Å². The fourth-order valence-electron chi connectivity index (χ4n) is 5.55. The molecule has 1 aromatic carbocycles. The fraction of sp³-hybridized carbons (Fsp3) is 0.323. The van der Waals surface area contributed by atoms with Gasteiger partial charge in [0, 0.05) is 43.1 Å². The third-order valence-electron chi connectivity index (χ3n) is 7.64. The molecule has 4 aromatic rings. The second kappa shape index (κ2) is 11.2. The van der Waals surface area contributed by atoms with Gasteiger partial charge in [0.25, 0.3) is 0 Å². The van der Waals surface area contributed by atoms with E-state index in [1.165, 1.54) is 6.08 Å². The number of carbonyl (C=O) groups is 1. The molecule has 0 aliphatic carbocycles. The van der Waals surface area contributed by atoms with Gasteiger partial charge in [-0.1, -0.05) is 50.2 Å². The van der Waals surface area contributed by atoms with Crippen LogP contribution in [0.3, 0.4) is 0 Å². The number of pyridine rings is 2. The van der Waals surface area contributed by atoms with Gasteiger partial charge in [0.1, 0.15) is 5.82 Å². The Bertz CT molecular complexity index is 1660. The van der Waals surface area contributed by atoms with Crippen LogP contribution in [-0.2, 0) is 17.6 Å². The average Bonchev–Trinajstić information content (AvgIpc) is 2.96. The maximum Gasteiger partial charge on any atom is 0.355 e. The molecular formula is C31H33ClN6O2. The number of para-hydroxylation sites is 1. The molecule has 5 rings (SSSR count). The molecule has 8 nitrogen and oxygen atoms in total. The third kappa shape index (κ3) is 4.77. The Morgan fingerprint density at radius 1 is 1.12 bits per heavy atom. The quantitative estimate of drug-likeness (QED) is 0.305. The number of aromatic nitrogens is 4. The summed E-state index contributed by atoms with van der Waals surface area (Å²) >= 11 is 6.91. The number of rotatable bonds is 6. The van der Waals surface area contributed by atoms with Gasteiger partial charge in [0.05, 0.1) is 21.8 Å². The third-order valence-corrected chi connectivity index (χ3v) is 7.93. The number of aryl methyl sites for hydroxylation is 3. The Hall–Kier alpha value is -4.04. The Kier molecular flexibility index (Phi) is 7.72. The standard InChI is InChI=1S/C31H33ClN6O2/c1-6-21-11-9-12-22(7-2)28(21)38-30-24(17-25(32)27(34-30)23-13-10-14-33-20(23)5)29(35-31(38)40)37-16-15-36(18-19(37)4)26(39)8-3/h8-14,17,19H,3,6-7,15-16,18H2,1-2,4-5H3/t19-/m0/s1. The molecule has 4 heterocycles. The summed E-state index contributed by atoms with van der Waals surface area (Å²) in [4.78, 5) is 44.3. The van der Waals surface area contributed by atoms with Crippen molar-refractivity contribution >= 4 is 34.4 Å². The number of hydrogen-bond donors (Lipinski definition) is 0. The minimum atomic E-state index is -0.404. The summed E-state index contributed by atoms with van der Waals surface area (Å²) < 4.78 is 1.64. The van der Waals surface area contributed by atoms with E-state index in [-0.39, 0.29) is 11.9 Å². The van der Waals surface area contributed by atoms with Crippen molar-refractivity contribution in [2.75, 3.05) is 24.5 Å². The normalized spacial score (nSPS) is 15.5. The summed E-state index contributed by atoms with van der Waals surface area (Å²) in [7, 11) is 0. The smallest absolute Gasteiger partial charge is 0.350 e. The second-order valence-corrected chi connectivity index (χ2v) is 10.4. The molecule has 0 saturated carbocycles. The first-order valence-electron chi connectivity index (χ1n) is 13.6. The lowest BCUT2D eigenvalue weighted by Gasteiger charge is -2.40. The van der Waals surface area contributed by atoms with Crippen molar-refractivity contribution in [3.63, 3.8) is 0 Å². The van der Waals surface area contributed by atoms with Crippen molar-refractivity contribution in [3.05, 3.63) is 87.6 Å². The van der Waals surface area contributed by atoms with E-state index in [0.29, 0.717) is 47.2 Å². The van der Waals surface area contributed by atoms with Crippen molar-refractivity contribution < 1.29 is 4.79 Å². The number of halogens is 1. The predicted octanol–water partition coefficient (Wildman–Crippen LogP) is 5.15. The molecule has 1 aliphatic rings. The maximum atomic E-state index is 14.0. The summed E-state index contributed by atoms with van der Waals surface area (Å²) in [6, 6.07) is 11.7. The molecule has 206 valence electrons. The van der Waals surface area contributed by atoms with E-state index in [0.717, 1.165) is 40.9 Å². The number of amides is 1. The summed E-state index contributed by atoms with van der Waals surface area (Å²) in [6.07, 6.45) is 4.56. The van der Waals surface area contributed by atoms with Gasteiger partial charge in [-0.25, -0.2) is 14.3 Å². The first-order valence-corrected chi connectivity index (χ1v) is 14.0.